The van der Waals surface area contributed by atoms with E-state index in [0.29, 0.717) is 6.92 Å². The number of anilines is 1. The van der Waals surface area contributed by atoms with Gasteiger partial charge in [-0.15, -0.1) is 0 Å². The number of carbonyl (C=O) groups excluding carboxylic acids is 1. The molecular weight excluding hydrogens is 475 g/mol. The maximum absolute atomic E-state index is 14.8. The van der Waals surface area contributed by atoms with Crippen molar-refractivity contribution in [1.29, 1.82) is 0 Å². The summed E-state index contributed by atoms with van der Waals surface area (Å²) < 4.78 is 72.6. The Kier molecular flexibility index (Phi) is 7.44. The van der Waals surface area contributed by atoms with E-state index >= 15 is 0 Å². The summed E-state index contributed by atoms with van der Waals surface area (Å²) in [7, 11) is 1.40. The molecule has 1 atom stereocenters. The van der Waals surface area contributed by atoms with E-state index in [1.165, 1.54) is 18.9 Å². The van der Waals surface area contributed by atoms with Gasteiger partial charge in [-0.1, -0.05) is 13.0 Å². The second kappa shape index (κ2) is 9.98. The molecule has 2 aromatic heterocycles. The number of halogens is 5. The molecule has 2 N–H and O–H groups in total. The van der Waals surface area contributed by atoms with Gasteiger partial charge >= 0.3 is 0 Å². The Morgan fingerprint density at radius 3 is 2.40 bits per heavy atom. The summed E-state index contributed by atoms with van der Waals surface area (Å²) in [5, 5.41) is 10.7. The van der Waals surface area contributed by atoms with Gasteiger partial charge in [-0.2, -0.15) is 0 Å². The number of alkyl halides is 2. The quantitative estimate of drug-likeness (QED) is 0.465. The molecule has 0 saturated carbocycles. The van der Waals surface area contributed by atoms with Gasteiger partial charge in [0.1, 0.15) is 22.9 Å². The van der Waals surface area contributed by atoms with Crippen molar-refractivity contribution in [3.63, 3.8) is 0 Å². The van der Waals surface area contributed by atoms with E-state index in [0.717, 1.165) is 35.0 Å². The number of nitrogens with one attached hydrogen (secondary N) is 1. The standard InChI is InChI=1S/C23H23F5N4O3/c1-4-17(23(2,27)28)29-22(35)13-11-32(18-14(24)6-5-7-15(18)25)20-12(19(13)34)10-16(26)21(30-20)31(3)8-9-33/h5-7,10-11,17,33H,4,8-9H2,1-3H3,(H,29,35). The predicted octanol–water partition coefficient (Wildman–Crippen LogP) is 3.40. The molecule has 7 nitrogen and oxygen atoms in total. The second-order valence-electron chi connectivity index (χ2n) is 8.01. The molecule has 188 valence electrons. The average Bonchev–Trinajstić information content (AvgIpc) is 2.77. The third-order valence-electron chi connectivity index (χ3n) is 5.46. The number of fused-ring (bicyclic) bond motifs is 1. The van der Waals surface area contributed by atoms with E-state index in [-0.39, 0.29) is 31.0 Å². The van der Waals surface area contributed by atoms with Crippen molar-refractivity contribution in [2.75, 3.05) is 25.1 Å². The Morgan fingerprint density at radius 2 is 1.86 bits per heavy atom. The summed E-state index contributed by atoms with van der Waals surface area (Å²) in [6, 6.07) is 2.05. The summed E-state index contributed by atoms with van der Waals surface area (Å²) in [5.74, 6) is -8.04. The Labute approximate surface area is 196 Å². The molecule has 2 heterocycles. The van der Waals surface area contributed by atoms with Crippen LogP contribution in [0.1, 0.15) is 30.6 Å². The first-order valence-corrected chi connectivity index (χ1v) is 10.6. The summed E-state index contributed by atoms with van der Waals surface area (Å²) in [6.07, 6.45) is 0.610. The highest BCUT2D eigenvalue weighted by molar-refractivity contribution is 5.97. The van der Waals surface area contributed by atoms with Crippen molar-refractivity contribution in [3.05, 3.63) is 63.7 Å². The Morgan fingerprint density at radius 1 is 1.23 bits per heavy atom. The molecule has 12 heteroatoms. The fraction of sp³-hybridized carbons (Fsp3) is 0.348. The van der Waals surface area contributed by atoms with Crippen molar-refractivity contribution in [2.24, 2.45) is 0 Å². The topological polar surface area (TPSA) is 87.5 Å². The first-order valence-electron chi connectivity index (χ1n) is 10.6. The highest BCUT2D eigenvalue weighted by atomic mass is 19.3. The van der Waals surface area contributed by atoms with Crippen LogP contribution in [0.4, 0.5) is 27.8 Å². The molecule has 0 radical (unpaired) electrons. The zero-order valence-corrected chi connectivity index (χ0v) is 19.1. The van der Waals surface area contributed by atoms with E-state index in [2.05, 4.69) is 10.3 Å². The van der Waals surface area contributed by atoms with E-state index in [1.54, 1.807) is 0 Å². The normalized spacial score (nSPS) is 12.6. The summed E-state index contributed by atoms with van der Waals surface area (Å²) >= 11 is 0. The van der Waals surface area contributed by atoms with Gasteiger partial charge in [-0.05, 0) is 24.6 Å². The van der Waals surface area contributed by atoms with Crippen molar-refractivity contribution < 1.29 is 31.9 Å². The molecule has 0 spiro atoms. The van der Waals surface area contributed by atoms with Crippen LogP contribution in [0, 0.1) is 17.5 Å². The predicted molar refractivity (Wildman–Crippen MR) is 120 cm³/mol. The van der Waals surface area contributed by atoms with Crippen LogP contribution in [0.15, 0.2) is 35.3 Å². The van der Waals surface area contributed by atoms with Crippen LogP contribution in [0.3, 0.4) is 0 Å². The first kappa shape index (κ1) is 26.1. The number of hydrogen-bond donors (Lipinski definition) is 2. The summed E-state index contributed by atoms with van der Waals surface area (Å²) in [5.41, 5.74) is -2.90. The lowest BCUT2D eigenvalue weighted by molar-refractivity contribution is -0.0179. The van der Waals surface area contributed by atoms with Crippen molar-refractivity contribution >= 4 is 22.8 Å². The van der Waals surface area contributed by atoms with Crippen molar-refractivity contribution in [3.8, 4) is 5.69 Å². The Balaban J connectivity index is 2.34. The molecule has 1 aromatic carbocycles. The third-order valence-corrected chi connectivity index (χ3v) is 5.46. The van der Waals surface area contributed by atoms with E-state index in [4.69, 9.17) is 5.11 Å². The molecule has 35 heavy (non-hydrogen) atoms. The molecule has 0 aliphatic rings. The van der Waals surface area contributed by atoms with Gasteiger partial charge in [-0.3, -0.25) is 14.2 Å². The van der Waals surface area contributed by atoms with Crippen LogP contribution >= 0.6 is 0 Å². The number of pyridine rings is 2. The van der Waals surface area contributed by atoms with Gasteiger partial charge < -0.3 is 15.3 Å². The van der Waals surface area contributed by atoms with Crippen LogP contribution in [-0.4, -0.2) is 52.7 Å². The number of carbonyl (C=O) groups is 1. The fourth-order valence-corrected chi connectivity index (χ4v) is 3.61. The number of nitrogens with zero attached hydrogens (tertiary/aromatic N) is 3. The molecule has 1 unspecified atom stereocenters. The van der Waals surface area contributed by atoms with Gasteiger partial charge in [0.2, 0.25) is 5.43 Å². The highest BCUT2D eigenvalue weighted by Gasteiger charge is 2.35. The van der Waals surface area contributed by atoms with Gasteiger partial charge in [0, 0.05) is 26.7 Å². The summed E-state index contributed by atoms with van der Waals surface area (Å²) in [6.45, 7) is 1.60. The second-order valence-corrected chi connectivity index (χ2v) is 8.01. The van der Waals surface area contributed by atoms with E-state index in [1.807, 2.05) is 0 Å². The number of aliphatic hydroxyl groups is 1. The minimum absolute atomic E-state index is 0.0438. The van der Waals surface area contributed by atoms with Crippen LogP contribution in [-0.2, 0) is 0 Å². The van der Waals surface area contributed by atoms with Crippen LogP contribution in [0.25, 0.3) is 16.7 Å². The van der Waals surface area contributed by atoms with Gasteiger partial charge in [-0.25, -0.2) is 26.9 Å². The number of para-hydroxylation sites is 1. The lowest BCUT2D eigenvalue weighted by atomic mass is 10.1. The smallest absolute Gasteiger partial charge is 0.265 e. The number of aliphatic hydroxyl groups excluding tert-OH is 1. The van der Waals surface area contributed by atoms with Gasteiger partial charge in [0.25, 0.3) is 11.8 Å². The fourth-order valence-electron chi connectivity index (χ4n) is 3.61. The number of likely N-dealkylation sites (N-methyl/N-ethyl adjacent to an activating group) is 1. The minimum Gasteiger partial charge on any atom is -0.395 e. The number of rotatable bonds is 8. The minimum atomic E-state index is -3.32. The summed E-state index contributed by atoms with van der Waals surface area (Å²) in [4.78, 5) is 31.2. The first-order chi connectivity index (χ1) is 16.4. The molecule has 3 aromatic rings. The Bertz CT molecular complexity index is 1300. The lowest BCUT2D eigenvalue weighted by Crippen LogP contribution is -2.46. The van der Waals surface area contributed by atoms with Crippen molar-refractivity contribution in [2.45, 2.75) is 32.2 Å². The molecule has 0 aliphatic carbocycles. The largest absolute Gasteiger partial charge is 0.395 e. The molecule has 1 amide bonds. The molecule has 0 saturated heterocycles. The van der Waals surface area contributed by atoms with Gasteiger partial charge in [0.05, 0.1) is 18.0 Å². The number of amides is 1. The number of aromatic nitrogens is 2. The SMILES string of the molecule is CCC(NC(=O)c1cn(-c2c(F)cccc2F)c2nc(N(C)CCO)c(F)cc2c1=O)C(C)(F)F. The molecule has 0 aliphatic heterocycles. The lowest BCUT2D eigenvalue weighted by Gasteiger charge is -2.24. The maximum Gasteiger partial charge on any atom is 0.265 e. The molecular formula is C23H23F5N4O3. The zero-order valence-electron chi connectivity index (χ0n) is 19.1. The monoisotopic (exact) mass is 498 g/mol. The highest BCUT2D eigenvalue weighted by Crippen LogP contribution is 2.26. The van der Waals surface area contributed by atoms with Crippen LogP contribution < -0.4 is 15.6 Å². The third kappa shape index (κ3) is 5.11. The molecule has 3 rings (SSSR count). The Hall–Kier alpha value is -3.54. The molecule has 0 bridgehead atoms. The van der Waals surface area contributed by atoms with E-state index in [9.17, 15) is 31.5 Å². The van der Waals surface area contributed by atoms with Crippen molar-refractivity contribution in [1.82, 2.24) is 14.9 Å². The maximum atomic E-state index is 14.8. The van der Waals surface area contributed by atoms with Crippen LogP contribution in [0.2, 0.25) is 0 Å². The zero-order chi connectivity index (χ0) is 26.1. The number of hydrogen-bond acceptors (Lipinski definition) is 5. The number of benzene rings is 1. The average molecular weight is 498 g/mol. The van der Waals surface area contributed by atoms with Crippen LogP contribution in [0.5, 0.6) is 0 Å². The van der Waals surface area contributed by atoms with E-state index < -0.39 is 57.4 Å². The molecule has 0 fully saturated rings. The van der Waals surface area contributed by atoms with Gasteiger partial charge in [0.15, 0.2) is 17.3 Å².